The van der Waals surface area contributed by atoms with Crippen molar-refractivity contribution in [2.75, 3.05) is 13.1 Å². The van der Waals surface area contributed by atoms with E-state index in [1.54, 1.807) is 0 Å². The first-order valence-electron chi connectivity index (χ1n) is 9.83. The third kappa shape index (κ3) is 4.98. The first kappa shape index (κ1) is 18.7. The summed E-state index contributed by atoms with van der Waals surface area (Å²) in [5.41, 5.74) is 1.05. The lowest BCUT2D eigenvalue weighted by Gasteiger charge is -2.40. The van der Waals surface area contributed by atoms with Crippen molar-refractivity contribution in [3.63, 3.8) is 0 Å². The number of piperidine rings is 1. The Labute approximate surface area is 157 Å². The Morgan fingerprint density at radius 3 is 2.28 bits per heavy atom. The van der Waals surface area contributed by atoms with Gasteiger partial charge in [-0.15, -0.1) is 0 Å². The van der Waals surface area contributed by atoms with Gasteiger partial charge in [-0.1, -0.05) is 56.8 Å². The summed E-state index contributed by atoms with van der Waals surface area (Å²) in [7, 11) is 0. The van der Waals surface area contributed by atoms with Crippen molar-refractivity contribution in [1.29, 1.82) is 0 Å². The van der Waals surface area contributed by atoms with Gasteiger partial charge in [-0.2, -0.15) is 0 Å². The number of benzene rings is 1. The van der Waals surface area contributed by atoms with Crippen molar-refractivity contribution in [2.45, 2.75) is 64.5 Å². The molecule has 0 spiro atoms. The van der Waals surface area contributed by atoms with Crippen molar-refractivity contribution in [3.05, 3.63) is 34.9 Å². The summed E-state index contributed by atoms with van der Waals surface area (Å²) < 4.78 is 0. The molecule has 138 valence electrons. The van der Waals surface area contributed by atoms with Crippen LogP contribution in [0.3, 0.4) is 0 Å². The number of rotatable bonds is 4. The fourth-order valence-corrected chi connectivity index (χ4v) is 4.75. The van der Waals surface area contributed by atoms with Crippen molar-refractivity contribution in [2.24, 2.45) is 11.8 Å². The Bertz CT molecular complexity index is 558. The van der Waals surface area contributed by atoms with E-state index in [4.69, 9.17) is 11.6 Å². The Morgan fingerprint density at radius 1 is 1.08 bits per heavy atom. The summed E-state index contributed by atoms with van der Waals surface area (Å²) in [5, 5.41) is 4.06. The highest BCUT2D eigenvalue weighted by atomic mass is 35.5. The molecule has 1 aliphatic carbocycles. The van der Waals surface area contributed by atoms with E-state index < -0.39 is 0 Å². The first-order chi connectivity index (χ1) is 12.0. The second kappa shape index (κ2) is 8.55. The molecule has 25 heavy (non-hydrogen) atoms. The molecule has 1 amide bonds. The fraction of sp³-hybridized carbons (Fsp3) is 0.667. The standard InChI is InChI=1S/C21H31ClN2O/c1-15-12-16(2)14-24(13-15)20(17-8-10-18(22)11-9-17)21(25)23-19-6-4-3-5-7-19/h8-11,15-16,19-20H,3-7,12-14H2,1-2H3,(H,23,25)/t15-,16+,20-/m0/s1. The monoisotopic (exact) mass is 362 g/mol. The number of nitrogens with zero attached hydrogens (tertiary/aromatic N) is 1. The van der Waals surface area contributed by atoms with Crippen LogP contribution in [0.2, 0.25) is 5.02 Å². The highest BCUT2D eigenvalue weighted by Gasteiger charge is 2.33. The molecule has 1 heterocycles. The number of halogens is 1. The predicted molar refractivity (Wildman–Crippen MR) is 104 cm³/mol. The van der Waals surface area contributed by atoms with E-state index in [-0.39, 0.29) is 11.9 Å². The average molecular weight is 363 g/mol. The quantitative estimate of drug-likeness (QED) is 0.833. The maximum absolute atomic E-state index is 13.2. The number of nitrogens with one attached hydrogen (secondary N) is 1. The minimum Gasteiger partial charge on any atom is -0.352 e. The summed E-state index contributed by atoms with van der Waals surface area (Å²) in [6.45, 7) is 6.55. The largest absolute Gasteiger partial charge is 0.352 e. The second-order valence-corrected chi connectivity index (χ2v) is 8.63. The first-order valence-corrected chi connectivity index (χ1v) is 10.2. The molecule has 3 nitrogen and oxygen atoms in total. The van der Waals surface area contributed by atoms with Gasteiger partial charge in [0.2, 0.25) is 5.91 Å². The second-order valence-electron chi connectivity index (χ2n) is 8.20. The van der Waals surface area contributed by atoms with E-state index in [1.807, 2.05) is 24.3 Å². The van der Waals surface area contributed by atoms with Crippen LogP contribution in [0.15, 0.2) is 24.3 Å². The molecule has 3 rings (SSSR count). The number of hydrogen-bond donors (Lipinski definition) is 1. The van der Waals surface area contributed by atoms with Crippen LogP contribution in [0, 0.1) is 11.8 Å². The number of carbonyl (C=O) groups excluding carboxylic acids is 1. The molecule has 2 aliphatic rings. The fourth-order valence-electron chi connectivity index (χ4n) is 4.62. The van der Waals surface area contributed by atoms with E-state index in [2.05, 4.69) is 24.1 Å². The maximum Gasteiger partial charge on any atom is 0.242 e. The maximum atomic E-state index is 13.2. The van der Waals surface area contributed by atoms with Gasteiger partial charge in [0.05, 0.1) is 0 Å². The smallest absolute Gasteiger partial charge is 0.242 e. The highest BCUT2D eigenvalue weighted by molar-refractivity contribution is 6.30. The molecule has 0 bridgehead atoms. The lowest BCUT2D eigenvalue weighted by molar-refractivity contribution is -0.128. The van der Waals surface area contributed by atoms with E-state index >= 15 is 0 Å². The van der Waals surface area contributed by atoms with E-state index in [0.29, 0.717) is 17.9 Å². The SMILES string of the molecule is C[C@@H]1C[C@H](C)CN([C@H](C(=O)NC2CCCCC2)c2ccc(Cl)cc2)C1. The molecule has 1 saturated carbocycles. The normalized spacial score (nSPS) is 27.0. The van der Waals surface area contributed by atoms with Crippen molar-refractivity contribution < 1.29 is 4.79 Å². The molecule has 3 atom stereocenters. The molecule has 0 radical (unpaired) electrons. The number of hydrogen-bond acceptors (Lipinski definition) is 2. The van der Waals surface area contributed by atoms with E-state index in [1.165, 1.54) is 25.7 Å². The zero-order valence-corrected chi connectivity index (χ0v) is 16.3. The molecule has 1 saturated heterocycles. The van der Waals surface area contributed by atoms with Crippen LogP contribution in [0.1, 0.15) is 64.0 Å². The van der Waals surface area contributed by atoms with Gasteiger partial charge < -0.3 is 5.32 Å². The Morgan fingerprint density at radius 2 is 1.68 bits per heavy atom. The molecule has 0 aromatic heterocycles. The van der Waals surface area contributed by atoms with Crippen molar-refractivity contribution in [3.8, 4) is 0 Å². The van der Waals surface area contributed by atoms with Gasteiger partial charge in [-0.3, -0.25) is 9.69 Å². The molecule has 1 aliphatic heterocycles. The van der Waals surface area contributed by atoms with Gasteiger partial charge >= 0.3 is 0 Å². The number of carbonyl (C=O) groups is 1. The predicted octanol–water partition coefficient (Wildman–Crippen LogP) is 4.81. The van der Waals surface area contributed by atoms with Crippen LogP contribution in [0.5, 0.6) is 0 Å². The summed E-state index contributed by atoms with van der Waals surface area (Å²) in [4.78, 5) is 15.6. The van der Waals surface area contributed by atoms with E-state index in [9.17, 15) is 4.79 Å². The summed E-state index contributed by atoms with van der Waals surface area (Å²) in [6.07, 6.45) is 7.24. The van der Waals surface area contributed by atoms with Crippen LogP contribution in [0.25, 0.3) is 0 Å². The van der Waals surface area contributed by atoms with Gasteiger partial charge in [0, 0.05) is 24.2 Å². The van der Waals surface area contributed by atoms with Gasteiger partial charge in [0.15, 0.2) is 0 Å². The van der Waals surface area contributed by atoms with Gasteiger partial charge in [-0.05, 0) is 48.8 Å². The third-order valence-electron chi connectivity index (χ3n) is 5.65. The molecule has 2 fully saturated rings. The Hall–Kier alpha value is -1.06. The minimum absolute atomic E-state index is 0.163. The zero-order chi connectivity index (χ0) is 17.8. The van der Waals surface area contributed by atoms with Crippen LogP contribution in [-0.2, 0) is 4.79 Å². The summed E-state index contributed by atoms with van der Waals surface area (Å²) >= 11 is 6.07. The molecular formula is C21H31ClN2O. The molecule has 0 unspecified atom stereocenters. The zero-order valence-electron chi connectivity index (χ0n) is 15.5. The van der Waals surface area contributed by atoms with E-state index in [0.717, 1.165) is 36.5 Å². The average Bonchev–Trinajstić information content (AvgIpc) is 2.57. The summed E-state index contributed by atoms with van der Waals surface area (Å²) in [5.74, 6) is 1.41. The lowest BCUT2D eigenvalue weighted by atomic mass is 9.89. The molecule has 1 aromatic carbocycles. The van der Waals surface area contributed by atoms with Crippen LogP contribution >= 0.6 is 11.6 Å². The van der Waals surface area contributed by atoms with Gasteiger partial charge in [-0.25, -0.2) is 0 Å². The van der Waals surface area contributed by atoms with Crippen molar-refractivity contribution in [1.82, 2.24) is 10.2 Å². The third-order valence-corrected chi connectivity index (χ3v) is 5.90. The van der Waals surface area contributed by atoms with Crippen molar-refractivity contribution >= 4 is 17.5 Å². The highest BCUT2D eigenvalue weighted by Crippen LogP contribution is 2.31. The Kier molecular flexibility index (Phi) is 6.40. The summed E-state index contributed by atoms with van der Waals surface area (Å²) in [6, 6.07) is 7.96. The lowest BCUT2D eigenvalue weighted by Crippen LogP contribution is -2.49. The van der Waals surface area contributed by atoms with Crippen LogP contribution in [0.4, 0.5) is 0 Å². The minimum atomic E-state index is -0.204. The number of amides is 1. The molecular weight excluding hydrogens is 332 g/mol. The van der Waals surface area contributed by atoms with Gasteiger partial charge in [0.1, 0.15) is 6.04 Å². The van der Waals surface area contributed by atoms with Crippen LogP contribution in [-0.4, -0.2) is 29.9 Å². The molecule has 1 aromatic rings. The number of likely N-dealkylation sites (tertiary alicyclic amines) is 1. The topological polar surface area (TPSA) is 32.3 Å². The molecule has 4 heteroatoms. The molecule has 1 N–H and O–H groups in total. The Balaban J connectivity index is 1.80. The van der Waals surface area contributed by atoms with Crippen LogP contribution < -0.4 is 5.32 Å². The van der Waals surface area contributed by atoms with Gasteiger partial charge in [0.25, 0.3) is 0 Å².